The van der Waals surface area contributed by atoms with Crippen LogP contribution in [0, 0.1) is 0 Å². The highest BCUT2D eigenvalue weighted by Crippen LogP contribution is 2.21. The number of nitrogens with zero attached hydrogens (tertiary/aromatic N) is 1. The maximum atomic E-state index is 12.2. The van der Waals surface area contributed by atoms with Gasteiger partial charge in [-0.3, -0.25) is 9.78 Å². The first-order valence-corrected chi connectivity index (χ1v) is 5.09. The van der Waals surface area contributed by atoms with Crippen molar-refractivity contribution in [3.8, 4) is 0 Å². The molecular formula is C8H5BrClF2NO. The van der Waals surface area contributed by atoms with Crippen LogP contribution in [0.1, 0.15) is 28.0 Å². The van der Waals surface area contributed by atoms with E-state index in [4.69, 9.17) is 11.6 Å². The number of alkyl halides is 3. The SMILES string of the molecule is O=C(Cl)c1cnc(C(F)F)cc1CBr. The van der Waals surface area contributed by atoms with Crippen molar-refractivity contribution in [1.82, 2.24) is 4.98 Å². The predicted octanol–water partition coefficient (Wildman–Crippen LogP) is 3.29. The van der Waals surface area contributed by atoms with E-state index in [1.807, 2.05) is 0 Å². The number of aromatic nitrogens is 1. The lowest BCUT2D eigenvalue weighted by Gasteiger charge is -2.04. The van der Waals surface area contributed by atoms with E-state index in [1.54, 1.807) is 0 Å². The van der Waals surface area contributed by atoms with E-state index in [9.17, 15) is 13.6 Å². The van der Waals surface area contributed by atoms with E-state index < -0.39 is 11.7 Å². The number of carbonyl (C=O) groups excluding carboxylic acids is 1. The van der Waals surface area contributed by atoms with Crippen LogP contribution < -0.4 is 0 Å². The van der Waals surface area contributed by atoms with Crippen LogP contribution in [-0.4, -0.2) is 10.2 Å². The van der Waals surface area contributed by atoms with Gasteiger partial charge in [0, 0.05) is 11.5 Å². The van der Waals surface area contributed by atoms with Crippen molar-refractivity contribution in [3.05, 3.63) is 29.1 Å². The second-order valence-electron chi connectivity index (χ2n) is 2.47. The van der Waals surface area contributed by atoms with Gasteiger partial charge in [-0.2, -0.15) is 0 Å². The monoisotopic (exact) mass is 283 g/mol. The van der Waals surface area contributed by atoms with Gasteiger partial charge in [-0.05, 0) is 23.2 Å². The largest absolute Gasteiger partial charge is 0.280 e. The minimum absolute atomic E-state index is 0.146. The van der Waals surface area contributed by atoms with E-state index in [2.05, 4.69) is 20.9 Å². The molecule has 6 heteroatoms. The molecule has 0 atom stereocenters. The van der Waals surface area contributed by atoms with Gasteiger partial charge in [0.25, 0.3) is 11.7 Å². The summed E-state index contributed by atoms with van der Waals surface area (Å²) in [5.41, 5.74) is 0.198. The van der Waals surface area contributed by atoms with Crippen molar-refractivity contribution in [2.75, 3.05) is 0 Å². The van der Waals surface area contributed by atoms with Crippen LogP contribution in [0.15, 0.2) is 12.3 Å². The van der Waals surface area contributed by atoms with Crippen molar-refractivity contribution in [3.63, 3.8) is 0 Å². The zero-order chi connectivity index (χ0) is 10.7. The molecule has 76 valence electrons. The molecule has 0 fully saturated rings. The molecule has 1 aromatic heterocycles. The molecule has 0 aliphatic heterocycles. The van der Waals surface area contributed by atoms with Crippen LogP contribution in [0.2, 0.25) is 0 Å². The summed E-state index contributed by atoms with van der Waals surface area (Å²) >= 11 is 8.31. The molecule has 14 heavy (non-hydrogen) atoms. The quantitative estimate of drug-likeness (QED) is 0.630. The Morgan fingerprint density at radius 3 is 2.71 bits per heavy atom. The third-order valence-corrected chi connectivity index (χ3v) is 2.40. The lowest BCUT2D eigenvalue weighted by Crippen LogP contribution is -2.00. The molecule has 0 radical (unpaired) electrons. The Kier molecular flexibility index (Phi) is 3.95. The van der Waals surface area contributed by atoms with Crippen molar-refractivity contribution in [2.24, 2.45) is 0 Å². The molecule has 0 unspecified atom stereocenters. The van der Waals surface area contributed by atoms with Gasteiger partial charge in [0.15, 0.2) is 0 Å². The fourth-order valence-electron chi connectivity index (χ4n) is 0.922. The van der Waals surface area contributed by atoms with Gasteiger partial charge in [0.1, 0.15) is 5.69 Å². The first kappa shape index (κ1) is 11.5. The van der Waals surface area contributed by atoms with E-state index in [1.165, 1.54) is 0 Å². The molecule has 0 aliphatic rings. The van der Waals surface area contributed by atoms with Gasteiger partial charge in [-0.15, -0.1) is 0 Å². The first-order chi connectivity index (χ1) is 6.56. The molecule has 1 heterocycles. The van der Waals surface area contributed by atoms with Crippen molar-refractivity contribution >= 4 is 32.8 Å². The Labute approximate surface area is 92.4 Å². The minimum Gasteiger partial charge on any atom is -0.276 e. The summed E-state index contributed by atoms with van der Waals surface area (Å²) in [5, 5.41) is -0.420. The highest BCUT2D eigenvalue weighted by atomic mass is 79.9. The van der Waals surface area contributed by atoms with E-state index in [0.717, 1.165) is 12.3 Å². The van der Waals surface area contributed by atoms with Crippen LogP contribution in [0.25, 0.3) is 0 Å². The second kappa shape index (κ2) is 4.79. The van der Waals surface area contributed by atoms with E-state index >= 15 is 0 Å². The Balaban J connectivity index is 3.18. The molecule has 0 N–H and O–H groups in total. The molecule has 0 saturated heterocycles. The number of halogens is 4. The lowest BCUT2D eigenvalue weighted by molar-refractivity contribution is 0.107. The van der Waals surface area contributed by atoms with E-state index in [0.29, 0.717) is 5.56 Å². The Morgan fingerprint density at radius 1 is 1.64 bits per heavy atom. The standard InChI is InChI=1S/C8H5BrClF2NO/c9-2-4-1-6(8(11)12)13-3-5(4)7(10)14/h1,3,8H,2H2. The molecule has 0 amide bonds. The summed E-state index contributed by atoms with van der Waals surface area (Å²) in [6, 6.07) is 1.16. The zero-order valence-electron chi connectivity index (χ0n) is 6.81. The summed E-state index contributed by atoms with van der Waals surface area (Å²) in [6.45, 7) is 0. The van der Waals surface area contributed by atoms with Crippen LogP contribution >= 0.6 is 27.5 Å². The van der Waals surface area contributed by atoms with Crippen LogP contribution in [0.5, 0.6) is 0 Å². The van der Waals surface area contributed by atoms with Gasteiger partial charge in [-0.25, -0.2) is 8.78 Å². The Bertz CT molecular complexity index is 359. The van der Waals surface area contributed by atoms with Crippen LogP contribution in [0.4, 0.5) is 8.78 Å². The smallest absolute Gasteiger partial charge is 0.276 e. The molecule has 0 aromatic carbocycles. The predicted molar refractivity (Wildman–Crippen MR) is 52.0 cm³/mol. The van der Waals surface area contributed by atoms with E-state index in [-0.39, 0.29) is 16.6 Å². The second-order valence-corrected chi connectivity index (χ2v) is 3.38. The number of carbonyl (C=O) groups is 1. The summed E-state index contributed by atoms with van der Waals surface area (Å²) in [4.78, 5) is 14.3. The molecular weight excluding hydrogens is 279 g/mol. The maximum Gasteiger partial charge on any atom is 0.280 e. The number of rotatable bonds is 3. The highest BCUT2D eigenvalue weighted by molar-refractivity contribution is 9.08. The molecule has 1 rings (SSSR count). The topological polar surface area (TPSA) is 30.0 Å². The van der Waals surface area contributed by atoms with Gasteiger partial charge < -0.3 is 0 Å². The minimum atomic E-state index is -2.65. The number of hydrogen-bond donors (Lipinski definition) is 0. The van der Waals surface area contributed by atoms with Crippen LogP contribution in [-0.2, 0) is 5.33 Å². The molecule has 0 spiro atoms. The molecule has 2 nitrogen and oxygen atoms in total. The summed E-state index contributed by atoms with van der Waals surface area (Å²) in [5.74, 6) is 0. The fraction of sp³-hybridized carbons (Fsp3) is 0.250. The lowest BCUT2D eigenvalue weighted by atomic mass is 10.1. The number of pyridine rings is 1. The van der Waals surface area contributed by atoms with Crippen molar-refractivity contribution < 1.29 is 13.6 Å². The molecule has 0 bridgehead atoms. The molecule has 0 saturated carbocycles. The zero-order valence-corrected chi connectivity index (χ0v) is 9.15. The van der Waals surface area contributed by atoms with Gasteiger partial charge >= 0.3 is 0 Å². The van der Waals surface area contributed by atoms with Gasteiger partial charge in [0.2, 0.25) is 0 Å². The summed E-state index contributed by atoms with van der Waals surface area (Å²) in [7, 11) is 0. The average molecular weight is 284 g/mol. The van der Waals surface area contributed by atoms with Gasteiger partial charge in [0.05, 0.1) is 5.56 Å². The third kappa shape index (κ3) is 2.48. The molecule has 1 aromatic rings. The Hall–Kier alpha value is -0.550. The highest BCUT2D eigenvalue weighted by Gasteiger charge is 2.14. The summed E-state index contributed by atoms with van der Waals surface area (Å²) in [6.07, 6.45) is -1.58. The third-order valence-electron chi connectivity index (χ3n) is 1.59. The van der Waals surface area contributed by atoms with Crippen LogP contribution in [0.3, 0.4) is 0 Å². The van der Waals surface area contributed by atoms with Crippen molar-refractivity contribution in [1.29, 1.82) is 0 Å². The first-order valence-electron chi connectivity index (χ1n) is 3.59. The molecule has 0 aliphatic carbocycles. The van der Waals surface area contributed by atoms with Crippen molar-refractivity contribution in [2.45, 2.75) is 11.8 Å². The normalized spacial score (nSPS) is 10.6. The fourth-order valence-corrected chi connectivity index (χ4v) is 1.56. The maximum absolute atomic E-state index is 12.2. The number of hydrogen-bond acceptors (Lipinski definition) is 2. The average Bonchev–Trinajstić information content (AvgIpc) is 2.16. The van der Waals surface area contributed by atoms with Gasteiger partial charge in [-0.1, -0.05) is 15.9 Å². The Morgan fingerprint density at radius 2 is 2.29 bits per heavy atom. The summed E-state index contributed by atoms with van der Waals surface area (Å²) < 4.78 is 24.4.